The third-order valence-electron chi connectivity index (χ3n) is 4.94. The highest BCUT2D eigenvalue weighted by Gasteiger charge is 2.42. The predicted molar refractivity (Wildman–Crippen MR) is 69.6 cm³/mol. The lowest BCUT2D eigenvalue weighted by Crippen LogP contribution is -2.27. The molecule has 1 heteroatoms. The molecule has 0 aliphatic heterocycles. The molecule has 1 aromatic rings. The first-order valence-corrected chi connectivity index (χ1v) is 6.93. The van der Waals surface area contributed by atoms with E-state index in [1.165, 1.54) is 25.7 Å². The lowest BCUT2D eigenvalue weighted by Gasteiger charge is -2.31. The number of aliphatic hydroxyl groups is 1. The third kappa shape index (κ3) is 2.13. The largest absolute Gasteiger partial charge is 0.385 e. The maximum absolute atomic E-state index is 10.7. The van der Waals surface area contributed by atoms with E-state index >= 15 is 0 Å². The predicted octanol–water partition coefficient (Wildman–Crippen LogP) is 3.72. The van der Waals surface area contributed by atoms with Crippen LogP contribution in [0.4, 0.5) is 0 Å². The van der Waals surface area contributed by atoms with Gasteiger partial charge >= 0.3 is 0 Å². The van der Waals surface area contributed by atoms with Crippen LogP contribution in [0, 0.1) is 17.8 Å². The number of benzene rings is 1. The van der Waals surface area contributed by atoms with Crippen molar-refractivity contribution in [1.82, 2.24) is 0 Å². The summed E-state index contributed by atoms with van der Waals surface area (Å²) in [6.45, 7) is 1.98. The van der Waals surface area contributed by atoms with E-state index in [-0.39, 0.29) is 0 Å². The van der Waals surface area contributed by atoms with Crippen molar-refractivity contribution in [2.24, 2.45) is 17.8 Å². The summed E-state index contributed by atoms with van der Waals surface area (Å²) in [6.07, 6.45) is 6.57. The minimum atomic E-state index is -0.642. The van der Waals surface area contributed by atoms with Crippen LogP contribution in [-0.2, 0) is 5.60 Å². The van der Waals surface area contributed by atoms with Crippen LogP contribution in [-0.4, -0.2) is 5.11 Å². The molecular weight excluding hydrogens is 208 g/mol. The summed E-state index contributed by atoms with van der Waals surface area (Å²) >= 11 is 0. The quantitative estimate of drug-likeness (QED) is 0.839. The van der Waals surface area contributed by atoms with Gasteiger partial charge in [0.05, 0.1) is 5.60 Å². The molecule has 0 spiro atoms. The molecule has 0 radical (unpaired) electrons. The van der Waals surface area contributed by atoms with Gasteiger partial charge in [0, 0.05) is 0 Å². The summed E-state index contributed by atoms with van der Waals surface area (Å²) < 4.78 is 0. The topological polar surface area (TPSA) is 20.2 Å². The van der Waals surface area contributed by atoms with E-state index in [2.05, 4.69) is 0 Å². The van der Waals surface area contributed by atoms with Gasteiger partial charge in [-0.25, -0.2) is 0 Å². The van der Waals surface area contributed by atoms with Crippen LogP contribution in [0.15, 0.2) is 30.3 Å². The number of fused-ring (bicyclic) bond motifs is 2. The normalized spacial score (nSPS) is 34.8. The molecule has 2 saturated carbocycles. The smallest absolute Gasteiger partial charge is 0.0871 e. The van der Waals surface area contributed by atoms with Gasteiger partial charge in [-0.1, -0.05) is 36.8 Å². The minimum Gasteiger partial charge on any atom is -0.385 e. The molecule has 17 heavy (non-hydrogen) atoms. The van der Waals surface area contributed by atoms with Gasteiger partial charge in [-0.2, -0.15) is 0 Å². The molecule has 92 valence electrons. The first-order valence-electron chi connectivity index (χ1n) is 6.93. The Morgan fingerprint density at radius 1 is 1.18 bits per heavy atom. The molecule has 4 unspecified atom stereocenters. The SMILES string of the molecule is CC(O)(CC1CC2CCC1C2)c1ccccc1. The highest BCUT2D eigenvalue weighted by molar-refractivity contribution is 5.21. The van der Waals surface area contributed by atoms with Crippen molar-refractivity contribution in [1.29, 1.82) is 0 Å². The molecular formula is C16H22O. The van der Waals surface area contributed by atoms with Crippen molar-refractivity contribution in [2.45, 2.75) is 44.6 Å². The van der Waals surface area contributed by atoms with Gasteiger partial charge in [0.15, 0.2) is 0 Å². The molecule has 4 atom stereocenters. The summed E-state index contributed by atoms with van der Waals surface area (Å²) in [4.78, 5) is 0. The van der Waals surface area contributed by atoms with E-state index in [1.54, 1.807) is 0 Å². The molecule has 1 nitrogen and oxygen atoms in total. The molecule has 0 amide bonds. The van der Waals surface area contributed by atoms with Crippen molar-refractivity contribution < 1.29 is 5.11 Å². The van der Waals surface area contributed by atoms with Crippen molar-refractivity contribution in [3.8, 4) is 0 Å². The minimum absolute atomic E-state index is 0.642. The highest BCUT2D eigenvalue weighted by atomic mass is 16.3. The first kappa shape index (κ1) is 11.3. The van der Waals surface area contributed by atoms with Crippen LogP contribution in [0.25, 0.3) is 0 Å². The van der Waals surface area contributed by atoms with E-state index in [9.17, 15) is 5.11 Å². The summed E-state index contributed by atoms with van der Waals surface area (Å²) in [5.74, 6) is 2.62. The lowest BCUT2D eigenvalue weighted by molar-refractivity contribution is 0.0204. The van der Waals surface area contributed by atoms with Crippen molar-refractivity contribution >= 4 is 0 Å². The van der Waals surface area contributed by atoms with Crippen LogP contribution in [0.5, 0.6) is 0 Å². The zero-order valence-corrected chi connectivity index (χ0v) is 10.6. The molecule has 1 aromatic carbocycles. The van der Waals surface area contributed by atoms with Crippen LogP contribution in [0.3, 0.4) is 0 Å². The second kappa shape index (κ2) is 4.13. The Kier molecular flexibility index (Phi) is 2.74. The van der Waals surface area contributed by atoms with E-state index in [1.807, 2.05) is 37.3 Å². The Morgan fingerprint density at radius 2 is 1.94 bits per heavy atom. The Labute approximate surface area is 104 Å². The molecule has 2 aliphatic rings. The number of hydrogen-bond donors (Lipinski definition) is 1. The van der Waals surface area contributed by atoms with Crippen LogP contribution in [0.2, 0.25) is 0 Å². The van der Waals surface area contributed by atoms with Gasteiger partial charge in [0.1, 0.15) is 0 Å². The summed E-state index contributed by atoms with van der Waals surface area (Å²) in [6, 6.07) is 10.1. The zero-order chi connectivity index (χ0) is 11.9. The van der Waals surface area contributed by atoms with E-state index in [0.29, 0.717) is 0 Å². The van der Waals surface area contributed by atoms with Gasteiger partial charge in [-0.3, -0.25) is 0 Å². The van der Waals surface area contributed by atoms with Gasteiger partial charge in [0.2, 0.25) is 0 Å². The Hall–Kier alpha value is -0.820. The van der Waals surface area contributed by atoms with E-state index < -0.39 is 5.60 Å². The fourth-order valence-corrected chi connectivity index (χ4v) is 4.05. The maximum Gasteiger partial charge on any atom is 0.0871 e. The average molecular weight is 230 g/mol. The maximum atomic E-state index is 10.7. The van der Waals surface area contributed by atoms with Gasteiger partial charge < -0.3 is 5.11 Å². The fourth-order valence-electron chi connectivity index (χ4n) is 4.05. The summed E-state index contributed by atoms with van der Waals surface area (Å²) in [7, 11) is 0. The Morgan fingerprint density at radius 3 is 2.53 bits per heavy atom. The van der Waals surface area contributed by atoms with Gasteiger partial charge in [-0.05, 0) is 55.9 Å². The second-order valence-electron chi connectivity index (χ2n) is 6.28. The average Bonchev–Trinajstić information content (AvgIpc) is 2.91. The van der Waals surface area contributed by atoms with Gasteiger partial charge in [-0.15, -0.1) is 0 Å². The molecule has 0 heterocycles. The molecule has 2 aliphatic carbocycles. The van der Waals surface area contributed by atoms with Crippen molar-refractivity contribution in [3.05, 3.63) is 35.9 Å². The second-order valence-corrected chi connectivity index (χ2v) is 6.28. The van der Waals surface area contributed by atoms with Crippen LogP contribution < -0.4 is 0 Å². The molecule has 1 N–H and O–H groups in total. The highest BCUT2D eigenvalue weighted by Crippen LogP contribution is 2.51. The Bertz CT molecular complexity index is 382. The van der Waals surface area contributed by atoms with Crippen molar-refractivity contribution in [3.63, 3.8) is 0 Å². The van der Waals surface area contributed by atoms with Crippen LogP contribution >= 0.6 is 0 Å². The molecule has 0 saturated heterocycles. The summed E-state index contributed by atoms with van der Waals surface area (Å²) in [5, 5.41) is 10.7. The van der Waals surface area contributed by atoms with E-state index in [4.69, 9.17) is 0 Å². The van der Waals surface area contributed by atoms with E-state index in [0.717, 1.165) is 29.7 Å². The lowest BCUT2D eigenvalue weighted by atomic mass is 9.78. The summed E-state index contributed by atoms with van der Waals surface area (Å²) in [5.41, 5.74) is 0.430. The number of rotatable bonds is 3. The number of hydrogen-bond acceptors (Lipinski definition) is 1. The fraction of sp³-hybridized carbons (Fsp3) is 0.625. The zero-order valence-electron chi connectivity index (χ0n) is 10.6. The molecule has 2 fully saturated rings. The molecule has 0 aromatic heterocycles. The Balaban J connectivity index is 1.72. The molecule has 2 bridgehead atoms. The first-order chi connectivity index (χ1) is 8.15. The van der Waals surface area contributed by atoms with Gasteiger partial charge in [0.25, 0.3) is 0 Å². The standard InChI is InChI=1S/C16H22O/c1-16(17,15-5-3-2-4-6-15)11-14-10-12-7-8-13(14)9-12/h2-6,12-14,17H,7-11H2,1H3. The van der Waals surface area contributed by atoms with Crippen LogP contribution in [0.1, 0.15) is 44.6 Å². The molecule has 3 rings (SSSR count). The van der Waals surface area contributed by atoms with Crippen molar-refractivity contribution in [2.75, 3.05) is 0 Å². The third-order valence-corrected chi connectivity index (χ3v) is 4.94. The monoisotopic (exact) mass is 230 g/mol.